The number of rotatable bonds is 4. The molecule has 1 aliphatic carbocycles. The molecule has 0 saturated heterocycles. The minimum Gasteiger partial charge on any atom is -0.469 e. The van der Waals surface area contributed by atoms with Crippen LogP contribution in [0, 0.1) is 0 Å². The summed E-state index contributed by atoms with van der Waals surface area (Å²) < 4.78 is 6.25. The Balaban J connectivity index is 1.60. The zero-order chi connectivity index (χ0) is 12.4. The average Bonchev–Trinajstić information content (AvgIpc) is 2.97. The first-order valence-electron chi connectivity index (χ1n) is 6.37. The van der Waals surface area contributed by atoms with Crippen LogP contribution in [0.15, 0.2) is 28.9 Å². The van der Waals surface area contributed by atoms with Gasteiger partial charge in [0.25, 0.3) is 0 Å². The normalized spacial score (nSPS) is 18.8. The van der Waals surface area contributed by atoms with Crippen molar-refractivity contribution in [2.75, 3.05) is 6.54 Å². The topological polar surface area (TPSA) is 25.2 Å². The molecule has 3 rings (SSSR count). The molecule has 0 aromatic carbocycles. The van der Waals surface area contributed by atoms with Crippen molar-refractivity contribution in [3.05, 3.63) is 45.0 Å². The van der Waals surface area contributed by atoms with Crippen LogP contribution in [0.25, 0.3) is 0 Å². The fourth-order valence-corrected chi connectivity index (χ4v) is 3.94. The Hall–Kier alpha value is -0.770. The van der Waals surface area contributed by atoms with Gasteiger partial charge in [-0.3, -0.25) is 0 Å². The van der Waals surface area contributed by atoms with Gasteiger partial charge in [-0.1, -0.05) is 11.6 Å². The molecule has 0 bridgehead atoms. The van der Waals surface area contributed by atoms with Crippen molar-refractivity contribution >= 4 is 22.9 Å². The van der Waals surface area contributed by atoms with Gasteiger partial charge in [0.2, 0.25) is 0 Å². The van der Waals surface area contributed by atoms with Crippen molar-refractivity contribution in [3.8, 4) is 0 Å². The van der Waals surface area contributed by atoms with E-state index in [1.54, 1.807) is 17.6 Å². The Morgan fingerprint density at radius 1 is 1.50 bits per heavy atom. The molecule has 0 spiro atoms. The highest BCUT2D eigenvalue weighted by Crippen LogP contribution is 2.37. The molecular weight excluding hydrogens is 266 g/mol. The number of thiophene rings is 1. The van der Waals surface area contributed by atoms with Crippen LogP contribution >= 0.6 is 22.9 Å². The van der Waals surface area contributed by atoms with E-state index in [0.717, 1.165) is 23.1 Å². The molecule has 4 heteroatoms. The Labute approximate surface area is 116 Å². The van der Waals surface area contributed by atoms with Crippen LogP contribution in [0.4, 0.5) is 0 Å². The molecule has 1 unspecified atom stereocenters. The van der Waals surface area contributed by atoms with E-state index in [1.165, 1.54) is 29.7 Å². The van der Waals surface area contributed by atoms with Gasteiger partial charge >= 0.3 is 0 Å². The molecule has 96 valence electrons. The summed E-state index contributed by atoms with van der Waals surface area (Å²) in [6, 6.07) is 6.56. The number of hydrogen-bond acceptors (Lipinski definition) is 3. The first-order chi connectivity index (χ1) is 8.83. The number of furan rings is 1. The van der Waals surface area contributed by atoms with Gasteiger partial charge in [-0.25, -0.2) is 0 Å². The molecule has 0 saturated carbocycles. The third kappa shape index (κ3) is 2.63. The van der Waals surface area contributed by atoms with Gasteiger partial charge in [-0.05, 0) is 43.0 Å². The quantitative estimate of drug-likeness (QED) is 0.908. The van der Waals surface area contributed by atoms with E-state index in [0.29, 0.717) is 6.04 Å². The lowest BCUT2D eigenvalue weighted by atomic mass is 9.94. The lowest BCUT2D eigenvalue weighted by Crippen LogP contribution is -2.26. The Bertz CT molecular complexity index is 506. The predicted molar refractivity (Wildman–Crippen MR) is 75.4 cm³/mol. The summed E-state index contributed by atoms with van der Waals surface area (Å²) in [6.45, 7) is 0.949. The summed E-state index contributed by atoms with van der Waals surface area (Å²) in [5.74, 6) is 1.04. The third-order valence-electron chi connectivity index (χ3n) is 3.43. The maximum atomic E-state index is 6.11. The van der Waals surface area contributed by atoms with Gasteiger partial charge in [0.05, 0.1) is 10.6 Å². The monoisotopic (exact) mass is 281 g/mol. The van der Waals surface area contributed by atoms with Gasteiger partial charge in [-0.15, -0.1) is 11.3 Å². The van der Waals surface area contributed by atoms with Crippen molar-refractivity contribution < 1.29 is 4.42 Å². The third-order valence-corrected chi connectivity index (χ3v) is 4.77. The van der Waals surface area contributed by atoms with Crippen LogP contribution < -0.4 is 5.32 Å². The summed E-state index contributed by atoms with van der Waals surface area (Å²) >= 11 is 7.84. The van der Waals surface area contributed by atoms with Gasteiger partial charge in [0.15, 0.2) is 0 Å². The van der Waals surface area contributed by atoms with Crippen molar-refractivity contribution in [2.45, 2.75) is 31.7 Å². The molecule has 0 fully saturated rings. The molecule has 1 aliphatic rings. The number of hydrogen-bond donors (Lipinski definition) is 1. The van der Waals surface area contributed by atoms with Crippen molar-refractivity contribution in [2.24, 2.45) is 0 Å². The summed E-state index contributed by atoms with van der Waals surface area (Å²) in [6.07, 6.45) is 6.31. The summed E-state index contributed by atoms with van der Waals surface area (Å²) in [5, 5.41) is 3.62. The molecule has 0 aliphatic heterocycles. The number of aryl methyl sites for hydroxylation is 1. The zero-order valence-electron chi connectivity index (χ0n) is 10.1. The second kappa shape index (κ2) is 5.47. The highest BCUT2D eigenvalue weighted by molar-refractivity contribution is 7.16. The Morgan fingerprint density at radius 2 is 2.44 bits per heavy atom. The maximum absolute atomic E-state index is 6.11. The predicted octanol–water partition coefficient (Wildman–Crippen LogP) is 4.20. The standard InChI is InChI=1S/C14H16ClNOS/c15-14-9-11-12(4-1-5-13(11)18-14)16-7-6-10-3-2-8-17-10/h2-3,8-9,12,16H,1,4-7H2. The van der Waals surface area contributed by atoms with Gasteiger partial charge < -0.3 is 9.73 Å². The van der Waals surface area contributed by atoms with Crippen molar-refractivity contribution in [1.82, 2.24) is 5.32 Å². The molecule has 0 radical (unpaired) electrons. The van der Waals surface area contributed by atoms with Crippen LogP contribution in [0.1, 0.15) is 35.1 Å². The first kappa shape index (κ1) is 12.3. The minimum absolute atomic E-state index is 0.465. The number of nitrogens with one attached hydrogen (secondary N) is 1. The fraction of sp³-hybridized carbons (Fsp3) is 0.429. The largest absolute Gasteiger partial charge is 0.469 e. The van der Waals surface area contributed by atoms with Crippen molar-refractivity contribution in [3.63, 3.8) is 0 Å². The van der Waals surface area contributed by atoms with Crippen LogP contribution in [0.2, 0.25) is 4.34 Å². The van der Waals surface area contributed by atoms with Crippen LogP contribution in [-0.2, 0) is 12.8 Å². The highest BCUT2D eigenvalue weighted by Gasteiger charge is 2.22. The Morgan fingerprint density at radius 3 is 3.28 bits per heavy atom. The first-order valence-corrected chi connectivity index (χ1v) is 7.56. The average molecular weight is 282 g/mol. The molecule has 2 nitrogen and oxygen atoms in total. The van der Waals surface area contributed by atoms with Gasteiger partial charge in [0, 0.05) is 23.9 Å². The molecule has 1 atom stereocenters. The molecule has 0 amide bonds. The summed E-state index contributed by atoms with van der Waals surface area (Å²) in [7, 11) is 0. The van der Waals surface area contributed by atoms with Gasteiger partial charge in [0.1, 0.15) is 5.76 Å². The minimum atomic E-state index is 0.465. The van der Waals surface area contributed by atoms with E-state index in [1.807, 2.05) is 12.1 Å². The fourth-order valence-electron chi connectivity index (χ4n) is 2.56. The van der Waals surface area contributed by atoms with E-state index in [4.69, 9.17) is 16.0 Å². The molecule has 2 heterocycles. The van der Waals surface area contributed by atoms with Gasteiger partial charge in [-0.2, -0.15) is 0 Å². The van der Waals surface area contributed by atoms with E-state index >= 15 is 0 Å². The lowest BCUT2D eigenvalue weighted by molar-refractivity contribution is 0.445. The smallest absolute Gasteiger partial charge is 0.105 e. The highest BCUT2D eigenvalue weighted by atomic mass is 35.5. The molecule has 18 heavy (non-hydrogen) atoms. The second-order valence-corrected chi connectivity index (χ2v) is 6.43. The molecule has 2 aromatic heterocycles. The SMILES string of the molecule is Clc1cc2c(s1)CCCC2NCCc1ccco1. The zero-order valence-corrected chi connectivity index (χ0v) is 11.7. The second-order valence-electron chi connectivity index (χ2n) is 4.66. The number of halogens is 1. The van der Waals surface area contributed by atoms with Crippen LogP contribution in [-0.4, -0.2) is 6.54 Å². The summed E-state index contributed by atoms with van der Waals surface area (Å²) in [4.78, 5) is 1.46. The number of fused-ring (bicyclic) bond motifs is 1. The lowest BCUT2D eigenvalue weighted by Gasteiger charge is -2.23. The van der Waals surface area contributed by atoms with E-state index in [-0.39, 0.29) is 0 Å². The van der Waals surface area contributed by atoms with Crippen LogP contribution in [0.5, 0.6) is 0 Å². The van der Waals surface area contributed by atoms with Crippen molar-refractivity contribution in [1.29, 1.82) is 0 Å². The molecule has 1 N–H and O–H groups in total. The van der Waals surface area contributed by atoms with E-state index in [2.05, 4.69) is 11.4 Å². The maximum Gasteiger partial charge on any atom is 0.105 e. The van der Waals surface area contributed by atoms with E-state index in [9.17, 15) is 0 Å². The molecule has 2 aromatic rings. The summed E-state index contributed by atoms with van der Waals surface area (Å²) in [5.41, 5.74) is 1.41. The van der Waals surface area contributed by atoms with Crippen LogP contribution in [0.3, 0.4) is 0 Å². The molecular formula is C14H16ClNOS. The Kier molecular flexibility index (Phi) is 3.73. The van der Waals surface area contributed by atoms with E-state index < -0.39 is 0 Å².